The van der Waals surface area contributed by atoms with E-state index in [1.807, 2.05) is 11.3 Å². The lowest BCUT2D eigenvalue weighted by molar-refractivity contribution is 0.200. The molecule has 1 aromatic rings. The lowest BCUT2D eigenvalue weighted by Gasteiger charge is -2.27. The predicted molar refractivity (Wildman–Crippen MR) is 80.1 cm³/mol. The summed E-state index contributed by atoms with van der Waals surface area (Å²) in [6, 6.07) is 5.94. The zero-order valence-corrected chi connectivity index (χ0v) is 12.5. The Hall–Kier alpha value is -0.380. The molecule has 102 valence electrons. The second-order valence-corrected chi connectivity index (χ2v) is 6.39. The van der Waals surface area contributed by atoms with Gasteiger partial charge in [0.05, 0.1) is 0 Å². The van der Waals surface area contributed by atoms with Gasteiger partial charge >= 0.3 is 0 Å². The summed E-state index contributed by atoms with van der Waals surface area (Å²) in [5, 5.41) is 5.77. The molecular weight excluding hydrogens is 240 g/mol. The Kier molecular flexibility index (Phi) is 5.67. The van der Waals surface area contributed by atoms with Crippen LogP contribution in [-0.2, 0) is 6.54 Å². The fourth-order valence-electron chi connectivity index (χ4n) is 2.36. The first-order valence-electron chi connectivity index (χ1n) is 7.29. The average Bonchev–Trinajstić information content (AvgIpc) is 3.06. The molecule has 0 saturated heterocycles. The topological polar surface area (TPSA) is 15.3 Å². The molecule has 0 bridgehead atoms. The molecule has 0 amide bonds. The van der Waals surface area contributed by atoms with Crippen LogP contribution >= 0.6 is 11.3 Å². The van der Waals surface area contributed by atoms with Crippen molar-refractivity contribution in [3.8, 4) is 0 Å². The number of hydrogen-bond acceptors (Lipinski definition) is 3. The first-order chi connectivity index (χ1) is 8.79. The monoisotopic (exact) mass is 266 g/mol. The number of rotatable bonds is 9. The molecule has 1 aliphatic carbocycles. The van der Waals surface area contributed by atoms with Gasteiger partial charge in [-0.25, -0.2) is 0 Å². The smallest absolute Gasteiger partial charge is 0.0330 e. The van der Waals surface area contributed by atoms with Crippen molar-refractivity contribution in [2.24, 2.45) is 0 Å². The molecule has 0 radical (unpaired) electrons. The van der Waals surface area contributed by atoms with Crippen molar-refractivity contribution in [2.75, 3.05) is 13.1 Å². The Labute approximate surface area is 115 Å². The Morgan fingerprint density at radius 2 is 2.33 bits per heavy atom. The SMILES string of the molecule is CCN(Cc1cccs1)C(C)CCCNC1CC1. The van der Waals surface area contributed by atoms with Crippen LogP contribution in [0.15, 0.2) is 17.5 Å². The maximum absolute atomic E-state index is 3.60. The maximum Gasteiger partial charge on any atom is 0.0330 e. The molecule has 18 heavy (non-hydrogen) atoms. The number of hydrogen-bond donors (Lipinski definition) is 1. The van der Waals surface area contributed by atoms with E-state index in [1.54, 1.807) is 0 Å². The molecule has 1 unspecified atom stereocenters. The minimum Gasteiger partial charge on any atom is -0.314 e. The van der Waals surface area contributed by atoms with Crippen molar-refractivity contribution in [3.63, 3.8) is 0 Å². The quantitative estimate of drug-likeness (QED) is 0.688. The first-order valence-corrected chi connectivity index (χ1v) is 8.17. The van der Waals surface area contributed by atoms with Crippen LogP contribution < -0.4 is 5.32 Å². The molecule has 0 aliphatic heterocycles. The van der Waals surface area contributed by atoms with E-state index in [0.717, 1.165) is 19.1 Å². The normalized spacial score (nSPS) is 17.3. The summed E-state index contributed by atoms with van der Waals surface area (Å²) in [6.07, 6.45) is 5.40. The van der Waals surface area contributed by atoms with E-state index in [-0.39, 0.29) is 0 Å². The highest BCUT2D eigenvalue weighted by atomic mass is 32.1. The highest BCUT2D eigenvalue weighted by Crippen LogP contribution is 2.19. The Morgan fingerprint density at radius 3 is 2.94 bits per heavy atom. The first kappa shape index (κ1) is 14.0. The molecule has 2 nitrogen and oxygen atoms in total. The Morgan fingerprint density at radius 1 is 1.50 bits per heavy atom. The van der Waals surface area contributed by atoms with Gasteiger partial charge in [0.25, 0.3) is 0 Å². The van der Waals surface area contributed by atoms with Gasteiger partial charge in [-0.15, -0.1) is 11.3 Å². The maximum atomic E-state index is 3.60. The zero-order chi connectivity index (χ0) is 12.8. The van der Waals surface area contributed by atoms with Gasteiger partial charge in [-0.3, -0.25) is 4.90 Å². The molecule has 2 rings (SSSR count). The largest absolute Gasteiger partial charge is 0.314 e. The third-order valence-corrected chi connectivity index (χ3v) is 4.64. The van der Waals surface area contributed by atoms with Gasteiger partial charge in [0.15, 0.2) is 0 Å². The minimum atomic E-state index is 0.693. The Balaban J connectivity index is 1.65. The lowest BCUT2D eigenvalue weighted by Crippen LogP contribution is -2.32. The van der Waals surface area contributed by atoms with Crippen LogP contribution in [-0.4, -0.2) is 30.1 Å². The number of nitrogens with one attached hydrogen (secondary N) is 1. The highest BCUT2D eigenvalue weighted by Gasteiger charge is 2.20. The molecule has 1 saturated carbocycles. The second-order valence-electron chi connectivity index (χ2n) is 5.36. The van der Waals surface area contributed by atoms with Crippen molar-refractivity contribution in [1.29, 1.82) is 0 Å². The fourth-order valence-corrected chi connectivity index (χ4v) is 3.09. The van der Waals surface area contributed by atoms with Crippen molar-refractivity contribution in [3.05, 3.63) is 22.4 Å². The third kappa shape index (κ3) is 4.71. The van der Waals surface area contributed by atoms with E-state index in [1.165, 1.54) is 37.1 Å². The van der Waals surface area contributed by atoms with E-state index >= 15 is 0 Å². The molecule has 1 aromatic heterocycles. The van der Waals surface area contributed by atoms with Gasteiger partial charge in [0.2, 0.25) is 0 Å². The molecule has 1 heterocycles. The molecule has 3 heteroatoms. The Bertz CT molecular complexity index is 319. The summed E-state index contributed by atoms with van der Waals surface area (Å²) in [5.74, 6) is 0. The molecule has 1 N–H and O–H groups in total. The van der Waals surface area contributed by atoms with Crippen molar-refractivity contribution < 1.29 is 0 Å². The van der Waals surface area contributed by atoms with Crippen LogP contribution in [0.25, 0.3) is 0 Å². The van der Waals surface area contributed by atoms with Gasteiger partial charge in [-0.05, 0) is 57.1 Å². The number of nitrogens with zero attached hydrogens (tertiary/aromatic N) is 1. The zero-order valence-electron chi connectivity index (χ0n) is 11.7. The summed E-state index contributed by atoms with van der Waals surface area (Å²) in [5.41, 5.74) is 0. The van der Waals surface area contributed by atoms with Gasteiger partial charge < -0.3 is 5.32 Å². The van der Waals surface area contributed by atoms with Crippen molar-refractivity contribution >= 4 is 11.3 Å². The van der Waals surface area contributed by atoms with Crippen LogP contribution in [0.4, 0.5) is 0 Å². The molecule has 0 spiro atoms. The molecule has 1 fully saturated rings. The van der Waals surface area contributed by atoms with E-state index in [9.17, 15) is 0 Å². The van der Waals surface area contributed by atoms with Gasteiger partial charge in [0.1, 0.15) is 0 Å². The van der Waals surface area contributed by atoms with Crippen LogP contribution in [0.5, 0.6) is 0 Å². The second kappa shape index (κ2) is 7.27. The van der Waals surface area contributed by atoms with Crippen LogP contribution in [0.2, 0.25) is 0 Å². The van der Waals surface area contributed by atoms with E-state index in [4.69, 9.17) is 0 Å². The molecule has 1 atom stereocenters. The van der Waals surface area contributed by atoms with Crippen LogP contribution in [0, 0.1) is 0 Å². The summed E-state index contributed by atoms with van der Waals surface area (Å²) >= 11 is 1.87. The molecule has 0 aromatic carbocycles. The predicted octanol–water partition coefficient (Wildman–Crippen LogP) is 3.49. The molecular formula is C15H26N2S. The van der Waals surface area contributed by atoms with E-state index in [2.05, 4.69) is 41.6 Å². The summed E-state index contributed by atoms with van der Waals surface area (Å²) < 4.78 is 0. The van der Waals surface area contributed by atoms with Crippen LogP contribution in [0.3, 0.4) is 0 Å². The summed E-state index contributed by atoms with van der Waals surface area (Å²) in [4.78, 5) is 4.07. The number of thiophene rings is 1. The minimum absolute atomic E-state index is 0.693. The average molecular weight is 266 g/mol. The van der Waals surface area contributed by atoms with Gasteiger partial charge in [0, 0.05) is 23.5 Å². The summed E-state index contributed by atoms with van der Waals surface area (Å²) in [7, 11) is 0. The van der Waals surface area contributed by atoms with Crippen molar-refractivity contribution in [2.45, 2.75) is 58.2 Å². The van der Waals surface area contributed by atoms with E-state index in [0.29, 0.717) is 6.04 Å². The van der Waals surface area contributed by atoms with Gasteiger partial charge in [-0.1, -0.05) is 13.0 Å². The van der Waals surface area contributed by atoms with E-state index < -0.39 is 0 Å². The highest BCUT2D eigenvalue weighted by molar-refractivity contribution is 7.09. The molecule has 1 aliphatic rings. The van der Waals surface area contributed by atoms with Gasteiger partial charge in [-0.2, -0.15) is 0 Å². The lowest BCUT2D eigenvalue weighted by atomic mass is 10.1. The fraction of sp³-hybridized carbons (Fsp3) is 0.733. The summed E-state index contributed by atoms with van der Waals surface area (Å²) in [6.45, 7) is 8.10. The van der Waals surface area contributed by atoms with Crippen molar-refractivity contribution in [1.82, 2.24) is 10.2 Å². The standard InChI is InChI=1S/C15H26N2S/c1-3-17(12-15-7-5-11-18-15)13(2)6-4-10-16-14-8-9-14/h5,7,11,13-14,16H,3-4,6,8-10,12H2,1-2H3. The third-order valence-electron chi connectivity index (χ3n) is 3.78. The van der Waals surface area contributed by atoms with Crippen LogP contribution in [0.1, 0.15) is 44.4 Å².